The minimum atomic E-state index is 0.124. The van der Waals surface area contributed by atoms with Crippen LogP contribution in [-0.4, -0.2) is 17.4 Å². The zero-order chi connectivity index (χ0) is 11.4. The van der Waals surface area contributed by atoms with Crippen LogP contribution in [-0.2, 0) is 17.8 Å². The molecule has 16 heavy (non-hydrogen) atoms. The average Bonchev–Trinajstić information content (AvgIpc) is 2.51. The molecule has 1 amide bonds. The number of nitrogens with zero attached hydrogens (tertiary/aromatic N) is 1. The molecular weight excluding hydrogens is 198 g/mol. The van der Waals surface area contributed by atoms with Crippen LogP contribution in [0.5, 0.6) is 0 Å². The monoisotopic (exact) mass is 215 g/mol. The molecule has 2 heteroatoms. The van der Waals surface area contributed by atoms with Crippen molar-refractivity contribution in [2.75, 3.05) is 6.54 Å². The Bertz CT molecular complexity index is 409. The lowest BCUT2D eigenvalue weighted by atomic mass is 10.0. The summed E-state index contributed by atoms with van der Waals surface area (Å²) in [7, 11) is 0. The van der Waals surface area contributed by atoms with Gasteiger partial charge in [-0.1, -0.05) is 30.3 Å². The summed E-state index contributed by atoms with van der Waals surface area (Å²) in [5.74, 6) is 0.124. The second kappa shape index (κ2) is 4.97. The van der Waals surface area contributed by atoms with Crippen LogP contribution in [0.1, 0.15) is 24.5 Å². The number of carbonyl (C=O) groups excluding carboxylic acids is 1. The molecule has 0 fully saturated rings. The van der Waals surface area contributed by atoms with Gasteiger partial charge in [0.2, 0.25) is 5.91 Å². The third-order valence-electron chi connectivity index (χ3n) is 2.97. The number of allylic oxidation sites excluding steroid dienone is 1. The molecule has 1 aliphatic heterocycles. The number of carbonyl (C=O) groups is 1. The second-order valence-electron chi connectivity index (χ2n) is 4.13. The molecule has 1 aromatic carbocycles. The van der Waals surface area contributed by atoms with Crippen LogP contribution < -0.4 is 0 Å². The fraction of sp³-hybridized carbons (Fsp3) is 0.357. The Labute approximate surface area is 96.6 Å². The average molecular weight is 215 g/mol. The number of rotatable bonds is 1. The SMILES string of the molecule is CC=CC(=O)N1CCCc2ccccc2C1. The van der Waals surface area contributed by atoms with Gasteiger partial charge in [-0.25, -0.2) is 0 Å². The van der Waals surface area contributed by atoms with E-state index in [0.29, 0.717) is 0 Å². The summed E-state index contributed by atoms with van der Waals surface area (Å²) in [5, 5.41) is 0. The van der Waals surface area contributed by atoms with Gasteiger partial charge < -0.3 is 4.90 Å². The number of benzene rings is 1. The summed E-state index contributed by atoms with van der Waals surface area (Å²) in [6, 6.07) is 8.40. The van der Waals surface area contributed by atoms with Crippen LogP contribution in [0.3, 0.4) is 0 Å². The molecule has 0 bridgehead atoms. The topological polar surface area (TPSA) is 20.3 Å². The van der Waals surface area contributed by atoms with Crippen molar-refractivity contribution in [3.8, 4) is 0 Å². The van der Waals surface area contributed by atoms with Crippen molar-refractivity contribution in [3.63, 3.8) is 0 Å². The quantitative estimate of drug-likeness (QED) is 0.659. The summed E-state index contributed by atoms with van der Waals surface area (Å²) in [6.45, 7) is 3.49. The summed E-state index contributed by atoms with van der Waals surface area (Å²) in [6.07, 6.45) is 5.59. The Kier molecular flexibility index (Phi) is 3.40. The molecule has 1 aromatic rings. The van der Waals surface area contributed by atoms with Gasteiger partial charge in [0.05, 0.1) is 0 Å². The molecule has 0 spiro atoms. The molecule has 1 aliphatic rings. The van der Waals surface area contributed by atoms with E-state index in [0.717, 1.165) is 25.9 Å². The zero-order valence-electron chi connectivity index (χ0n) is 9.65. The van der Waals surface area contributed by atoms with Gasteiger partial charge >= 0.3 is 0 Å². The maximum atomic E-state index is 11.8. The van der Waals surface area contributed by atoms with Crippen molar-refractivity contribution < 1.29 is 4.79 Å². The third-order valence-corrected chi connectivity index (χ3v) is 2.97. The first kappa shape index (κ1) is 10.9. The summed E-state index contributed by atoms with van der Waals surface area (Å²) >= 11 is 0. The van der Waals surface area contributed by atoms with Gasteiger partial charge in [-0.3, -0.25) is 4.79 Å². The Morgan fingerprint density at radius 2 is 2.06 bits per heavy atom. The van der Waals surface area contributed by atoms with Crippen LogP contribution in [0.4, 0.5) is 0 Å². The number of fused-ring (bicyclic) bond motifs is 1. The maximum Gasteiger partial charge on any atom is 0.246 e. The molecule has 0 radical (unpaired) electrons. The first-order valence-corrected chi connectivity index (χ1v) is 5.79. The number of aryl methyl sites for hydroxylation is 1. The van der Waals surface area contributed by atoms with Gasteiger partial charge in [-0.2, -0.15) is 0 Å². The number of hydrogen-bond acceptors (Lipinski definition) is 1. The molecule has 0 unspecified atom stereocenters. The van der Waals surface area contributed by atoms with E-state index in [2.05, 4.69) is 18.2 Å². The Morgan fingerprint density at radius 3 is 2.81 bits per heavy atom. The highest BCUT2D eigenvalue weighted by molar-refractivity contribution is 5.87. The van der Waals surface area contributed by atoms with Crippen LogP contribution >= 0.6 is 0 Å². The smallest absolute Gasteiger partial charge is 0.246 e. The highest BCUT2D eigenvalue weighted by Crippen LogP contribution is 2.18. The molecule has 2 nitrogen and oxygen atoms in total. The first-order valence-electron chi connectivity index (χ1n) is 5.79. The fourth-order valence-electron chi connectivity index (χ4n) is 2.14. The highest BCUT2D eigenvalue weighted by Gasteiger charge is 2.16. The Balaban J connectivity index is 2.19. The van der Waals surface area contributed by atoms with E-state index < -0.39 is 0 Å². The zero-order valence-corrected chi connectivity index (χ0v) is 9.65. The maximum absolute atomic E-state index is 11.8. The van der Waals surface area contributed by atoms with Gasteiger partial charge in [0.15, 0.2) is 0 Å². The highest BCUT2D eigenvalue weighted by atomic mass is 16.2. The van der Waals surface area contributed by atoms with Crippen molar-refractivity contribution in [1.82, 2.24) is 4.90 Å². The Hall–Kier alpha value is -1.57. The van der Waals surface area contributed by atoms with E-state index in [-0.39, 0.29) is 5.91 Å². The van der Waals surface area contributed by atoms with Crippen LogP contribution in [0.25, 0.3) is 0 Å². The van der Waals surface area contributed by atoms with Crippen molar-refractivity contribution >= 4 is 5.91 Å². The van der Waals surface area contributed by atoms with Crippen LogP contribution in [0, 0.1) is 0 Å². The minimum Gasteiger partial charge on any atom is -0.335 e. The first-order chi connectivity index (χ1) is 7.81. The molecule has 1 heterocycles. The summed E-state index contributed by atoms with van der Waals surface area (Å²) in [5.41, 5.74) is 2.68. The summed E-state index contributed by atoms with van der Waals surface area (Å²) < 4.78 is 0. The van der Waals surface area contributed by atoms with E-state index in [1.165, 1.54) is 11.1 Å². The van der Waals surface area contributed by atoms with Gasteiger partial charge in [-0.15, -0.1) is 0 Å². The molecule has 0 saturated heterocycles. The molecule has 0 aromatic heterocycles. The van der Waals surface area contributed by atoms with Crippen molar-refractivity contribution in [2.45, 2.75) is 26.3 Å². The van der Waals surface area contributed by atoms with E-state index in [1.54, 1.807) is 12.2 Å². The van der Waals surface area contributed by atoms with Gasteiger partial charge in [0.1, 0.15) is 0 Å². The van der Waals surface area contributed by atoms with E-state index in [1.807, 2.05) is 17.9 Å². The van der Waals surface area contributed by atoms with Crippen molar-refractivity contribution in [1.29, 1.82) is 0 Å². The molecule has 0 aliphatic carbocycles. The lowest BCUT2D eigenvalue weighted by Crippen LogP contribution is -2.28. The number of hydrogen-bond donors (Lipinski definition) is 0. The predicted octanol–water partition coefficient (Wildman–Crippen LogP) is 2.54. The molecule has 84 valence electrons. The van der Waals surface area contributed by atoms with Gasteiger partial charge in [-0.05, 0) is 37.0 Å². The Morgan fingerprint density at radius 1 is 1.31 bits per heavy atom. The lowest BCUT2D eigenvalue weighted by Gasteiger charge is -2.18. The normalized spacial score (nSPS) is 15.9. The second-order valence-corrected chi connectivity index (χ2v) is 4.13. The standard InChI is InChI=1S/C14H17NO/c1-2-6-14(16)15-10-5-9-12-7-3-4-8-13(12)11-15/h2-4,6-8H,5,9-11H2,1H3. The van der Waals surface area contributed by atoms with Crippen LogP contribution in [0.2, 0.25) is 0 Å². The molecule has 2 rings (SSSR count). The molecule has 0 N–H and O–H groups in total. The van der Waals surface area contributed by atoms with Crippen LogP contribution in [0.15, 0.2) is 36.4 Å². The molecule has 0 atom stereocenters. The largest absolute Gasteiger partial charge is 0.335 e. The lowest BCUT2D eigenvalue weighted by molar-refractivity contribution is -0.126. The third kappa shape index (κ3) is 2.32. The minimum absolute atomic E-state index is 0.124. The van der Waals surface area contributed by atoms with Crippen molar-refractivity contribution in [3.05, 3.63) is 47.5 Å². The predicted molar refractivity (Wildman–Crippen MR) is 65.0 cm³/mol. The van der Waals surface area contributed by atoms with Gasteiger partial charge in [0, 0.05) is 13.1 Å². The van der Waals surface area contributed by atoms with E-state index in [4.69, 9.17) is 0 Å². The van der Waals surface area contributed by atoms with Gasteiger partial charge in [0.25, 0.3) is 0 Å². The number of amides is 1. The van der Waals surface area contributed by atoms with E-state index in [9.17, 15) is 4.79 Å². The molecule has 0 saturated carbocycles. The molecular formula is C14H17NO. The van der Waals surface area contributed by atoms with Crippen molar-refractivity contribution in [2.24, 2.45) is 0 Å². The summed E-state index contributed by atoms with van der Waals surface area (Å²) in [4.78, 5) is 13.7. The fourth-order valence-corrected chi connectivity index (χ4v) is 2.14. The van der Waals surface area contributed by atoms with E-state index >= 15 is 0 Å².